The number of nitrogens with one attached hydrogen (secondary N) is 2. The molecule has 0 bridgehead atoms. The summed E-state index contributed by atoms with van der Waals surface area (Å²) in [5, 5.41) is 26.6. The van der Waals surface area contributed by atoms with E-state index in [1.165, 1.54) is 0 Å². The molecule has 6 nitrogen and oxygen atoms in total. The molecule has 0 aliphatic carbocycles. The number of rotatable bonds is 9. The van der Waals surface area contributed by atoms with E-state index in [1.54, 1.807) is 12.1 Å². The summed E-state index contributed by atoms with van der Waals surface area (Å²) < 4.78 is 5.12. The predicted molar refractivity (Wildman–Crippen MR) is 116 cm³/mol. The number of hydrogen-bond donors (Lipinski definition) is 4. The molecule has 0 aliphatic heterocycles. The van der Waals surface area contributed by atoms with Gasteiger partial charge in [0.2, 0.25) is 0 Å². The van der Waals surface area contributed by atoms with Crippen LogP contribution in [0, 0.1) is 0 Å². The Bertz CT molecular complexity index is 919. The lowest BCUT2D eigenvalue weighted by Gasteiger charge is -2.19. The molecule has 0 aromatic heterocycles. The van der Waals surface area contributed by atoms with Crippen molar-refractivity contribution in [2.75, 3.05) is 11.9 Å². The first-order valence-electron chi connectivity index (χ1n) is 9.84. The quantitative estimate of drug-likeness (QED) is 0.429. The van der Waals surface area contributed by atoms with E-state index in [0.717, 1.165) is 16.9 Å². The summed E-state index contributed by atoms with van der Waals surface area (Å²) in [6.07, 6.45) is -2.46. The second-order valence-electron chi connectivity index (χ2n) is 6.91. The van der Waals surface area contributed by atoms with Gasteiger partial charge in [0, 0.05) is 17.9 Å². The molecule has 6 heteroatoms. The van der Waals surface area contributed by atoms with Crippen LogP contribution < -0.4 is 10.6 Å². The van der Waals surface area contributed by atoms with Gasteiger partial charge in [-0.2, -0.15) is 0 Å². The Hall–Kier alpha value is -3.35. The fraction of sp³-hybridized carbons (Fsp3) is 0.208. The Labute approximate surface area is 176 Å². The van der Waals surface area contributed by atoms with E-state index in [0.29, 0.717) is 5.56 Å². The molecular weight excluding hydrogens is 380 g/mol. The van der Waals surface area contributed by atoms with Crippen molar-refractivity contribution in [3.8, 4) is 0 Å². The fourth-order valence-electron chi connectivity index (χ4n) is 2.96. The highest BCUT2D eigenvalue weighted by Crippen LogP contribution is 2.24. The minimum Gasteiger partial charge on any atom is -0.445 e. The lowest BCUT2D eigenvalue weighted by molar-refractivity contribution is 0.0136. The van der Waals surface area contributed by atoms with Gasteiger partial charge in [0.25, 0.3) is 0 Å². The first-order chi connectivity index (χ1) is 14.6. The Morgan fingerprint density at radius 3 is 2.27 bits per heavy atom. The van der Waals surface area contributed by atoms with Crippen molar-refractivity contribution in [1.82, 2.24) is 5.32 Å². The summed E-state index contributed by atoms with van der Waals surface area (Å²) in [7, 11) is 0. The van der Waals surface area contributed by atoms with Crippen LogP contribution in [0.1, 0.15) is 23.7 Å². The molecule has 3 aromatic rings. The van der Waals surface area contributed by atoms with Gasteiger partial charge in [0.05, 0.1) is 6.10 Å². The Morgan fingerprint density at radius 2 is 1.53 bits per heavy atom. The number of para-hydroxylation sites is 1. The van der Waals surface area contributed by atoms with Gasteiger partial charge in [-0.25, -0.2) is 4.79 Å². The van der Waals surface area contributed by atoms with Crippen LogP contribution in [0.15, 0.2) is 84.9 Å². The third-order valence-corrected chi connectivity index (χ3v) is 4.58. The van der Waals surface area contributed by atoms with E-state index >= 15 is 0 Å². The highest BCUT2D eigenvalue weighted by Gasteiger charge is 2.19. The second kappa shape index (κ2) is 11.0. The lowest BCUT2D eigenvalue weighted by atomic mass is 10.0. The second-order valence-corrected chi connectivity index (χ2v) is 6.91. The van der Waals surface area contributed by atoms with Crippen molar-refractivity contribution in [3.63, 3.8) is 0 Å². The smallest absolute Gasteiger partial charge is 0.407 e. The number of amides is 1. The van der Waals surface area contributed by atoms with Crippen LogP contribution in [0.2, 0.25) is 0 Å². The molecular formula is C24H26N2O4. The van der Waals surface area contributed by atoms with Gasteiger partial charge in [0.1, 0.15) is 12.7 Å². The Morgan fingerprint density at radius 1 is 0.867 bits per heavy atom. The minimum absolute atomic E-state index is 0.180. The zero-order valence-electron chi connectivity index (χ0n) is 16.6. The van der Waals surface area contributed by atoms with E-state index in [-0.39, 0.29) is 19.6 Å². The van der Waals surface area contributed by atoms with Gasteiger partial charge in [-0.3, -0.25) is 0 Å². The maximum Gasteiger partial charge on any atom is 0.407 e. The van der Waals surface area contributed by atoms with Crippen LogP contribution in [0.3, 0.4) is 0 Å². The average Bonchev–Trinajstić information content (AvgIpc) is 2.78. The summed E-state index contributed by atoms with van der Waals surface area (Å²) in [6, 6.07) is 26.3. The molecule has 4 N–H and O–H groups in total. The van der Waals surface area contributed by atoms with Crippen LogP contribution in [0.5, 0.6) is 0 Å². The first-order valence-corrected chi connectivity index (χ1v) is 9.84. The van der Waals surface area contributed by atoms with Gasteiger partial charge >= 0.3 is 6.09 Å². The summed E-state index contributed by atoms with van der Waals surface area (Å²) in [4.78, 5) is 11.8. The Balaban J connectivity index is 1.44. The zero-order valence-corrected chi connectivity index (χ0v) is 16.6. The number of aliphatic hydroxyl groups is 2. The topological polar surface area (TPSA) is 90.8 Å². The molecule has 0 aliphatic rings. The third kappa shape index (κ3) is 6.62. The maximum atomic E-state index is 11.8. The SMILES string of the molecule is O=C(NCCC(O)C(O)c1cccc(Nc2ccccc2)c1)OCc1ccccc1. The number of carbonyl (C=O) groups excluding carboxylic acids is 1. The molecule has 0 fully saturated rings. The van der Waals surface area contributed by atoms with E-state index in [9.17, 15) is 15.0 Å². The van der Waals surface area contributed by atoms with Crippen molar-refractivity contribution in [2.45, 2.75) is 25.2 Å². The van der Waals surface area contributed by atoms with E-state index in [1.807, 2.05) is 72.8 Å². The molecule has 1 amide bonds. The first kappa shape index (κ1) is 21.4. The number of anilines is 2. The molecule has 2 unspecified atom stereocenters. The number of alkyl carbamates (subject to hydrolysis) is 1. The number of aliphatic hydroxyl groups excluding tert-OH is 2. The van der Waals surface area contributed by atoms with Gasteiger partial charge in [-0.1, -0.05) is 60.7 Å². The molecule has 0 saturated carbocycles. The van der Waals surface area contributed by atoms with Crippen LogP contribution >= 0.6 is 0 Å². The van der Waals surface area contributed by atoms with E-state index in [4.69, 9.17) is 4.74 Å². The fourth-order valence-corrected chi connectivity index (χ4v) is 2.96. The zero-order chi connectivity index (χ0) is 21.2. The standard InChI is InChI=1S/C24H26N2O4/c27-22(14-15-25-24(29)30-17-18-8-3-1-4-9-18)23(28)19-10-7-13-21(16-19)26-20-11-5-2-6-12-20/h1-13,16,22-23,26-28H,14-15,17H2,(H,25,29). The summed E-state index contributed by atoms with van der Waals surface area (Å²) in [5.41, 5.74) is 3.23. The highest BCUT2D eigenvalue weighted by atomic mass is 16.5. The van der Waals surface area contributed by atoms with E-state index < -0.39 is 18.3 Å². The van der Waals surface area contributed by atoms with Gasteiger partial charge in [-0.05, 0) is 41.8 Å². The van der Waals surface area contributed by atoms with Crippen LogP contribution in [-0.4, -0.2) is 29.0 Å². The van der Waals surface area contributed by atoms with Crippen LogP contribution in [-0.2, 0) is 11.3 Å². The predicted octanol–water partition coefficient (Wildman–Crippen LogP) is 4.14. The molecule has 0 heterocycles. The molecule has 0 spiro atoms. The number of carbonyl (C=O) groups is 1. The minimum atomic E-state index is -1.07. The van der Waals surface area contributed by atoms with Crippen molar-refractivity contribution in [3.05, 3.63) is 96.1 Å². The van der Waals surface area contributed by atoms with Crippen molar-refractivity contribution in [1.29, 1.82) is 0 Å². The van der Waals surface area contributed by atoms with Crippen LogP contribution in [0.25, 0.3) is 0 Å². The third-order valence-electron chi connectivity index (χ3n) is 4.58. The molecule has 156 valence electrons. The normalized spacial score (nSPS) is 12.6. The number of benzene rings is 3. The van der Waals surface area contributed by atoms with Gasteiger partial charge in [-0.15, -0.1) is 0 Å². The van der Waals surface area contributed by atoms with Gasteiger partial charge in [0.15, 0.2) is 0 Å². The van der Waals surface area contributed by atoms with E-state index in [2.05, 4.69) is 10.6 Å². The molecule has 0 radical (unpaired) electrons. The van der Waals surface area contributed by atoms with Crippen LogP contribution in [0.4, 0.5) is 16.2 Å². The molecule has 30 heavy (non-hydrogen) atoms. The molecule has 3 aromatic carbocycles. The van der Waals surface area contributed by atoms with Gasteiger partial charge < -0.3 is 25.6 Å². The summed E-state index contributed by atoms with van der Waals surface area (Å²) in [5.74, 6) is 0. The molecule has 3 rings (SSSR count). The summed E-state index contributed by atoms with van der Waals surface area (Å²) in [6.45, 7) is 0.368. The average molecular weight is 406 g/mol. The number of ether oxygens (including phenoxy) is 1. The molecule has 2 atom stereocenters. The maximum absolute atomic E-state index is 11.8. The summed E-state index contributed by atoms with van der Waals surface area (Å²) >= 11 is 0. The molecule has 0 saturated heterocycles. The lowest BCUT2D eigenvalue weighted by Crippen LogP contribution is -2.29. The Kier molecular flexibility index (Phi) is 7.83. The monoisotopic (exact) mass is 406 g/mol. The largest absolute Gasteiger partial charge is 0.445 e. The highest BCUT2D eigenvalue weighted by molar-refractivity contribution is 5.67. The van der Waals surface area contributed by atoms with Crippen molar-refractivity contribution < 1.29 is 19.7 Å². The van der Waals surface area contributed by atoms with Crippen molar-refractivity contribution >= 4 is 17.5 Å². The number of hydrogen-bond acceptors (Lipinski definition) is 5. The van der Waals surface area contributed by atoms with Crippen molar-refractivity contribution in [2.24, 2.45) is 0 Å².